The van der Waals surface area contributed by atoms with Crippen molar-refractivity contribution in [2.75, 3.05) is 0 Å². The third-order valence-electron chi connectivity index (χ3n) is 3.19. The minimum atomic E-state index is -4.07. The molecule has 0 aliphatic heterocycles. The number of hydrogen-bond donors (Lipinski definition) is 1. The molecular weight excluding hydrogens is 423 g/mol. The number of halogens is 3. The average Bonchev–Trinajstić information content (AvgIpc) is 3.04. The van der Waals surface area contributed by atoms with Crippen LogP contribution in [0.2, 0.25) is 15.1 Å². The molecule has 2 aromatic carbocycles. The Morgan fingerprint density at radius 1 is 0.962 bits per heavy atom. The summed E-state index contributed by atoms with van der Waals surface area (Å²) in [6.07, 6.45) is 1.26. The van der Waals surface area contributed by atoms with Gasteiger partial charge in [0.2, 0.25) is 0 Å². The average molecular weight is 432 g/mol. The molecule has 0 aliphatic rings. The molecule has 0 saturated heterocycles. The first-order chi connectivity index (χ1) is 12.2. The highest BCUT2D eigenvalue weighted by atomic mass is 35.5. The number of amides is 1. The zero-order valence-electron chi connectivity index (χ0n) is 12.7. The third-order valence-corrected chi connectivity index (χ3v) is 5.22. The van der Waals surface area contributed by atoms with Gasteiger partial charge in [0.25, 0.3) is 15.9 Å². The number of carbonyl (C=O) groups is 1. The zero-order chi connectivity index (χ0) is 18.9. The lowest BCUT2D eigenvalue weighted by atomic mass is 10.3. The first-order valence-corrected chi connectivity index (χ1v) is 9.58. The lowest BCUT2D eigenvalue weighted by Crippen LogP contribution is -2.30. The summed E-state index contributed by atoms with van der Waals surface area (Å²) in [6, 6.07) is 10.0. The molecule has 0 atom stereocenters. The molecule has 134 valence electrons. The lowest BCUT2D eigenvalue weighted by Gasteiger charge is -2.05. The molecule has 11 heteroatoms. The summed E-state index contributed by atoms with van der Waals surface area (Å²) >= 11 is 17.6. The fourth-order valence-electron chi connectivity index (χ4n) is 2.01. The van der Waals surface area contributed by atoms with Crippen molar-refractivity contribution in [1.82, 2.24) is 19.7 Å². The highest BCUT2D eigenvalue weighted by molar-refractivity contribution is 7.90. The van der Waals surface area contributed by atoms with E-state index in [9.17, 15) is 13.2 Å². The maximum Gasteiger partial charge on any atom is 0.287 e. The Hall–Kier alpha value is -2.13. The van der Waals surface area contributed by atoms with Gasteiger partial charge in [0, 0.05) is 15.1 Å². The Bertz CT molecular complexity index is 1060. The van der Waals surface area contributed by atoms with Crippen molar-refractivity contribution in [2.45, 2.75) is 4.90 Å². The van der Waals surface area contributed by atoms with E-state index in [0.717, 1.165) is 0 Å². The van der Waals surface area contributed by atoms with Crippen molar-refractivity contribution in [3.05, 3.63) is 69.4 Å². The number of carbonyl (C=O) groups excluding carboxylic acids is 1. The molecule has 0 bridgehead atoms. The van der Waals surface area contributed by atoms with Gasteiger partial charge < -0.3 is 0 Å². The van der Waals surface area contributed by atoms with Gasteiger partial charge in [-0.2, -0.15) is 0 Å². The standard InChI is InChI=1S/C15H9Cl3N4O3S/c16-9-1-3-13(4-2-9)26(24,25)20-15(23)14-8-22(21-19-14)12-6-10(17)5-11(18)7-12/h1-8H,(H,20,23). The number of nitrogens with zero attached hydrogens (tertiary/aromatic N) is 3. The van der Waals surface area contributed by atoms with E-state index in [1.54, 1.807) is 12.1 Å². The normalized spacial score (nSPS) is 11.3. The fraction of sp³-hybridized carbons (Fsp3) is 0. The first-order valence-electron chi connectivity index (χ1n) is 6.96. The molecule has 1 N–H and O–H groups in total. The number of aromatic nitrogens is 3. The van der Waals surface area contributed by atoms with E-state index in [0.29, 0.717) is 20.8 Å². The highest BCUT2D eigenvalue weighted by Gasteiger charge is 2.21. The molecular formula is C15H9Cl3N4O3S. The van der Waals surface area contributed by atoms with Gasteiger partial charge in [0.1, 0.15) is 0 Å². The quantitative estimate of drug-likeness (QED) is 0.684. The van der Waals surface area contributed by atoms with Crippen LogP contribution in [0.15, 0.2) is 53.6 Å². The van der Waals surface area contributed by atoms with Gasteiger partial charge in [0.05, 0.1) is 16.8 Å². The van der Waals surface area contributed by atoms with Crippen LogP contribution in [-0.4, -0.2) is 29.3 Å². The number of benzene rings is 2. The summed E-state index contributed by atoms with van der Waals surface area (Å²) in [7, 11) is -4.07. The number of rotatable bonds is 4. The van der Waals surface area contributed by atoms with Crippen LogP contribution in [0.4, 0.5) is 0 Å². The van der Waals surface area contributed by atoms with E-state index in [-0.39, 0.29) is 10.6 Å². The maximum absolute atomic E-state index is 12.2. The van der Waals surface area contributed by atoms with Gasteiger partial charge in [-0.3, -0.25) is 4.79 Å². The predicted octanol–water partition coefficient (Wildman–Crippen LogP) is 3.35. The van der Waals surface area contributed by atoms with Crippen LogP contribution in [0.1, 0.15) is 10.5 Å². The number of nitrogens with one attached hydrogen (secondary N) is 1. The van der Waals surface area contributed by atoms with E-state index in [1.807, 2.05) is 4.72 Å². The van der Waals surface area contributed by atoms with E-state index in [4.69, 9.17) is 34.8 Å². The smallest absolute Gasteiger partial charge is 0.266 e. The molecule has 1 aromatic heterocycles. The summed E-state index contributed by atoms with van der Waals surface area (Å²) in [5.41, 5.74) is 0.272. The number of hydrogen-bond acceptors (Lipinski definition) is 5. The van der Waals surface area contributed by atoms with Crippen molar-refractivity contribution < 1.29 is 13.2 Å². The Balaban J connectivity index is 1.83. The fourth-order valence-corrected chi connectivity index (χ4v) is 3.61. The largest absolute Gasteiger partial charge is 0.287 e. The topological polar surface area (TPSA) is 94.0 Å². The second-order valence-corrected chi connectivity index (χ2v) is 8.06. The molecule has 3 aromatic rings. The van der Waals surface area contributed by atoms with Crippen molar-refractivity contribution in [2.24, 2.45) is 0 Å². The molecule has 0 unspecified atom stereocenters. The lowest BCUT2D eigenvalue weighted by molar-refractivity contribution is 0.0976. The monoisotopic (exact) mass is 430 g/mol. The Morgan fingerprint density at radius 2 is 1.58 bits per heavy atom. The van der Waals surface area contributed by atoms with Crippen LogP contribution in [-0.2, 0) is 10.0 Å². The van der Waals surface area contributed by atoms with Gasteiger partial charge in [-0.05, 0) is 42.5 Å². The van der Waals surface area contributed by atoms with Crippen LogP contribution >= 0.6 is 34.8 Å². The minimum absolute atomic E-state index is 0.107. The highest BCUT2D eigenvalue weighted by Crippen LogP contribution is 2.21. The molecule has 7 nitrogen and oxygen atoms in total. The SMILES string of the molecule is O=C(NS(=O)(=O)c1ccc(Cl)cc1)c1cn(-c2cc(Cl)cc(Cl)c2)nn1. The van der Waals surface area contributed by atoms with E-state index in [2.05, 4.69) is 10.3 Å². The molecule has 26 heavy (non-hydrogen) atoms. The summed E-state index contributed by atoms with van der Waals surface area (Å²) in [4.78, 5) is 12.1. The van der Waals surface area contributed by atoms with Crippen molar-refractivity contribution in [3.63, 3.8) is 0 Å². The molecule has 0 aliphatic carbocycles. The molecule has 3 rings (SSSR count). The van der Waals surface area contributed by atoms with Crippen molar-refractivity contribution in [1.29, 1.82) is 0 Å². The molecule has 1 amide bonds. The Kier molecular flexibility index (Phi) is 5.19. The maximum atomic E-state index is 12.2. The van der Waals surface area contributed by atoms with Crippen molar-refractivity contribution in [3.8, 4) is 5.69 Å². The van der Waals surface area contributed by atoms with E-state index in [1.165, 1.54) is 41.2 Å². The molecule has 0 fully saturated rings. The zero-order valence-corrected chi connectivity index (χ0v) is 15.8. The third kappa shape index (κ3) is 4.16. The van der Waals surface area contributed by atoms with Crippen LogP contribution in [0, 0.1) is 0 Å². The predicted molar refractivity (Wildman–Crippen MR) is 97.5 cm³/mol. The van der Waals surface area contributed by atoms with Gasteiger partial charge in [-0.15, -0.1) is 5.10 Å². The van der Waals surface area contributed by atoms with Crippen LogP contribution in [0.25, 0.3) is 5.69 Å². The molecule has 1 heterocycles. The molecule has 0 spiro atoms. The first kappa shape index (κ1) is 18.7. The Labute approximate surface area is 163 Å². The van der Waals surface area contributed by atoms with Crippen LogP contribution in [0.3, 0.4) is 0 Å². The van der Waals surface area contributed by atoms with Crippen LogP contribution in [0.5, 0.6) is 0 Å². The summed E-state index contributed by atoms with van der Waals surface area (Å²) in [6.45, 7) is 0. The summed E-state index contributed by atoms with van der Waals surface area (Å²) in [5.74, 6) is -0.931. The minimum Gasteiger partial charge on any atom is -0.266 e. The van der Waals surface area contributed by atoms with E-state index < -0.39 is 15.9 Å². The second kappa shape index (κ2) is 7.24. The molecule has 0 radical (unpaired) electrons. The number of sulfonamides is 1. The van der Waals surface area contributed by atoms with Gasteiger partial charge in [-0.1, -0.05) is 40.0 Å². The van der Waals surface area contributed by atoms with Crippen LogP contribution < -0.4 is 4.72 Å². The summed E-state index contributed by atoms with van der Waals surface area (Å²) < 4.78 is 27.6. The van der Waals surface area contributed by atoms with Crippen molar-refractivity contribution >= 4 is 50.7 Å². The summed E-state index contributed by atoms with van der Waals surface area (Å²) in [5, 5.41) is 8.58. The second-order valence-electron chi connectivity index (χ2n) is 5.06. The van der Waals surface area contributed by atoms with Gasteiger partial charge in [-0.25, -0.2) is 17.8 Å². The van der Waals surface area contributed by atoms with E-state index >= 15 is 0 Å². The molecule has 0 saturated carbocycles. The Morgan fingerprint density at radius 3 is 2.19 bits per heavy atom. The van der Waals surface area contributed by atoms with Gasteiger partial charge in [0.15, 0.2) is 5.69 Å². The van der Waals surface area contributed by atoms with Gasteiger partial charge >= 0.3 is 0 Å².